The molecule has 0 atom stereocenters. The van der Waals surface area contributed by atoms with E-state index in [2.05, 4.69) is 57.5 Å². The number of likely N-dealkylation sites (tertiary alicyclic amines) is 1. The predicted octanol–water partition coefficient (Wildman–Crippen LogP) is 4.93. The Labute approximate surface area is 143 Å². The summed E-state index contributed by atoms with van der Waals surface area (Å²) >= 11 is 5.47. The minimum atomic E-state index is 0.671. The van der Waals surface area contributed by atoms with Crippen LogP contribution in [0.4, 0.5) is 0 Å². The van der Waals surface area contributed by atoms with Crippen LogP contribution in [0, 0.1) is 0 Å². The van der Waals surface area contributed by atoms with Gasteiger partial charge in [0, 0.05) is 39.1 Å². The number of fused-ring (bicyclic) bond motifs is 2. The third-order valence-corrected chi connectivity index (χ3v) is 5.98. The van der Waals surface area contributed by atoms with E-state index in [1.54, 1.807) is 5.57 Å². The van der Waals surface area contributed by atoms with Crippen molar-refractivity contribution in [2.24, 2.45) is 0 Å². The van der Waals surface area contributed by atoms with Crippen LogP contribution in [0.3, 0.4) is 0 Å². The fourth-order valence-electron chi connectivity index (χ4n) is 3.26. The molecule has 0 unspecified atom stereocenters. The third-order valence-electron chi connectivity index (χ3n) is 4.51. The van der Waals surface area contributed by atoms with Gasteiger partial charge >= 0.3 is 0 Å². The third kappa shape index (κ3) is 2.53. The Kier molecular flexibility index (Phi) is 3.84. The van der Waals surface area contributed by atoms with Gasteiger partial charge in [-0.3, -0.25) is 0 Å². The standard InChI is InChI=1S/C18H18BrNOS/c1-20-7-4-12(5-8-20)17-15-10-14(19)2-3-16(15)21-11-13-6-9-22-18(13)17/h2-3,6,9-10H,4-5,7-8,11H2,1H3. The first-order chi connectivity index (χ1) is 10.7. The smallest absolute Gasteiger partial charge is 0.127 e. The van der Waals surface area contributed by atoms with Gasteiger partial charge in [-0.25, -0.2) is 0 Å². The number of halogens is 1. The Hall–Kier alpha value is -1.10. The molecule has 1 fully saturated rings. The molecule has 2 nitrogen and oxygen atoms in total. The van der Waals surface area contributed by atoms with Crippen LogP contribution in [0.15, 0.2) is 39.7 Å². The van der Waals surface area contributed by atoms with Gasteiger partial charge in [-0.1, -0.05) is 21.5 Å². The van der Waals surface area contributed by atoms with E-state index < -0.39 is 0 Å². The van der Waals surface area contributed by atoms with Crippen LogP contribution in [-0.2, 0) is 6.61 Å². The van der Waals surface area contributed by atoms with Crippen LogP contribution >= 0.6 is 27.3 Å². The van der Waals surface area contributed by atoms with Gasteiger partial charge in [-0.15, -0.1) is 11.3 Å². The van der Waals surface area contributed by atoms with Crippen LogP contribution in [0.2, 0.25) is 0 Å². The van der Waals surface area contributed by atoms with Crippen molar-refractivity contribution >= 4 is 32.8 Å². The molecule has 0 bridgehead atoms. The van der Waals surface area contributed by atoms with Crippen molar-refractivity contribution < 1.29 is 4.74 Å². The fraction of sp³-hybridized carbons (Fsp3) is 0.333. The lowest BCUT2D eigenvalue weighted by atomic mass is 9.91. The van der Waals surface area contributed by atoms with E-state index in [1.165, 1.54) is 21.6 Å². The zero-order chi connectivity index (χ0) is 15.1. The Balaban J connectivity index is 1.93. The number of hydrogen-bond acceptors (Lipinski definition) is 3. The van der Waals surface area contributed by atoms with Crippen molar-refractivity contribution in [3.05, 3.63) is 55.7 Å². The maximum atomic E-state index is 6.07. The zero-order valence-electron chi connectivity index (χ0n) is 12.6. The number of nitrogens with zero attached hydrogens (tertiary/aromatic N) is 1. The normalized spacial score (nSPS) is 18.5. The molecule has 2 aromatic rings. The van der Waals surface area contributed by atoms with Crippen LogP contribution in [-0.4, -0.2) is 25.0 Å². The molecular weight excluding hydrogens is 358 g/mol. The summed E-state index contributed by atoms with van der Waals surface area (Å²) in [5.41, 5.74) is 5.56. The molecule has 1 aromatic heterocycles. The quantitative estimate of drug-likeness (QED) is 0.647. The van der Waals surface area contributed by atoms with Gasteiger partial charge in [0.2, 0.25) is 0 Å². The summed E-state index contributed by atoms with van der Waals surface area (Å²) < 4.78 is 7.18. The zero-order valence-corrected chi connectivity index (χ0v) is 15.0. The SMILES string of the molecule is CN1CCC(=C2c3cc(Br)ccc3OCc3ccsc32)CC1. The van der Waals surface area contributed by atoms with E-state index in [-0.39, 0.29) is 0 Å². The molecule has 3 heterocycles. The van der Waals surface area contributed by atoms with Gasteiger partial charge in [0.05, 0.1) is 0 Å². The highest BCUT2D eigenvalue weighted by molar-refractivity contribution is 9.10. The summed E-state index contributed by atoms with van der Waals surface area (Å²) in [7, 11) is 2.21. The maximum Gasteiger partial charge on any atom is 0.127 e. The average molecular weight is 376 g/mol. The van der Waals surface area contributed by atoms with Crippen LogP contribution < -0.4 is 4.74 Å². The molecule has 0 spiro atoms. The number of piperidine rings is 1. The molecule has 22 heavy (non-hydrogen) atoms. The van der Waals surface area contributed by atoms with Crippen LogP contribution in [0.25, 0.3) is 5.57 Å². The number of hydrogen-bond donors (Lipinski definition) is 0. The lowest BCUT2D eigenvalue weighted by Gasteiger charge is -2.26. The molecule has 1 aromatic carbocycles. The molecule has 4 rings (SSSR count). The lowest BCUT2D eigenvalue weighted by molar-refractivity contribution is 0.307. The molecule has 0 radical (unpaired) electrons. The summed E-state index contributed by atoms with van der Waals surface area (Å²) in [5, 5.41) is 2.19. The summed E-state index contributed by atoms with van der Waals surface area (Å²) in [6.07, 6.45) is 2.30. The Morgan fingerprint density at radius 1 is 1.18 bits per heavy atom. The van der Waals surface area contributed by atoms with Crippen molar-refractivity contribution in [2.75, 3.05) is 20.1 Å². The summed E-state index contributed by atoms with van der Waals surface area (Å²) in [6.45, 7) is 2.96. The van der Waals surface area contributed by atoms with Crippen molar-refractivity contribution in [2.45, 2.75) is 19.4 Å². The Bertz CT molecular complexity index is 739. The van der Waals surface area contributed by atoms with Gasteiger partial charge < -0.3 is 9.64 Å². The number of ether oxygens (including phenoxy) is 1. The molecule has 0 amide bonds. The summed E-state index contributed by atoms with van der Waals surface area (Å²) in [5.74, 6) is 1.01. The highest BCUT2D eigenvalue weighted by atomic mass is 79.9. The first-order valence-electron chi connectivity index (χ1n) is 7.62. The summed E-state index contributed by atoms with van der Waals surface area (Å²) in [4.78, 5) is 3.81. The topological polar surface area (TPSA) is 12.5 Å². The van der Waals surface area contributed by atoms with Crippen molar-refractivity contribution in [1.29, 1.82) is 0 Å². The largest absolute Gasteiger partial charge is 0.488 e. The van der Waals surface area contributed by atoms with E-state index >= 15 is 0 Å². The van der Waals surface area contributed by atoms with Gasteiger partial charge in [-0.2, -0.15) is 0 Å². The van der Waals surface area contributed by atoms with E-state index in [1.807, 2.05) is 11.3 Å². The Morgan fingerprint density at radius 3 is 2.82 bits per heavy atom. The second kappa shape index (κ2) is 5.84. The van der Waals surface area contributed by atoms with E-state index in [0.29, 0.717) is 6.61 Å². The van der Waals surface area contributed by atoms with Crippen molar-refractivity contribution in [3.63, 3.8) is 0 Å². The number of rotatable bonds is 0. The molecule has 0 saturated carbocycles. The van der Waals surface area contributed by atoms with Gasteiger partial charge in [-0.05, 0) is 49.5 Å². The highest BCUT2D eigenvalue weighted by Gasteiger charge is 2.25. The molecule has 114 valence electrons. The van der Waals surface area contributed by atoms with Gasteiger partial charge in [0.15, 0.2) is 0 Å². The number of benzene rings is 1. The second-order valence-corrected chi connectivity index (χ2v) is 7.82. The number of thiophene rings is 1. The molecular formula is C18H18BrNOS. The lowest BCUT2D eigenvalue weighted by Crippen LogP contribution is -2.26. The maximum absolute atomic E-state index is 6.07. The molecule has 4 heteroatoms. The minimum absolute atomic E-state index is 0.671. The molecule has 0 aliphatic carbocycles. The highest BCUT2D eigenvalue weighted by Crippen LogP contribution is 2.43. The minimum Gasteiger partial charge on any atom is -0.488 e. The van der Waals surface area contributed by atoms with Crippen molar-refractivity contribution in [1.82, 2.24) is 4.90 Å². The van der Waals surface area contributed by atoms with E-state index in [0.717, 1.165) is 36.2 Å². The molecule has 2 aliphatic rings. The van der Waals surface area contributed by atoms with Gasteiger partial charge in [0.25, 0.3) is 0 Å². The molecule has 2 aliphatic heterocycles. The molecule has 0 N–H and O–H groups in total. The second-order valence-electron chi connectivity index (χ2n) is 5.99. The Morgan fingerprint density at radius 2 is 2.00 bits per heavy atom. The fourth-order valence-corrected chi connectivity index (χ4v) is 4.64. The van der Waals surface area contributed by atoms with E-state index in [4.69, 9.17) is 4.74 Å². The summed E-state index contributed by atoms with van der Waals surface area (Å²) in [6, 6.07) is 8.57. The van der Waals surface area contributed by atoms with Crippen molar-refractivity contribution in [3.8, 4) is 5.75 Å². The molecule has 1 saturated heterocycles. The van der Waals surface area contributed by atoms with Gasteiger partial charge in [0.1, 0.15) is 12.4 Å². The first-order valence-corrected chi connectivity index (χ1v) is 9.29. The van der Waals surface area contributed by atoms with Crippen LogP contribution in [0.5, 0.6) is 5.75 Å². The monoisotopic (exact) mass is 375 g/mol. The van der Waals surface area contributed by atoms with Crippen LogP contribution in [0.1, 0.15) is 28.8 Å². The first kappa shape index (κ1) is 14.5. The average Bonchev–Trinajstić information content (AvgIpc) is 2.91. The van der Waals surface area contributed by atoms with E-state index in [9.17, 15) is 0 Å². The predicted molar refractivity (Wildman–Crippen MR) is 95.5 cm³/mol.